The Morgan fingerprint density at radius 2 is 1.80 bits per heavy atom. The van der Waals surface area contributed by atoms with Gasteiger partial charge in [0, 0.05) is 0 Å². The fourth-order valence-corrected chi connectivity index (χ4v) is 2.16. The number of nitrogens with two attached hydrogens (primary N) is 1. The predicted octanol–water partition coefficient (Wildman–Crippen LogP) is 0.903. The van der Waals surface area contributed by atoms with Crippen molar-refractivity contribution in [1.82, 2.24) is 0 Å². The van der Waals surface area contributed by atoms with Crippen LogP contribution in [0.3, 0.4) is 0 Å². The molecule has 2 bridgehead atoms. The van der Waals surface area contributed by atoms with Gasteiger partial charge in [-0.2, -0.15) is 0 Å². The Balaban J connectivity index is 1.96. The SMILES string of the molecule is NCC1CC2CCC(C1)O2. The van der Waals surface area contributed by atoms with Crippen molar-refractivity contribution in [1.29, 1.82) is 0 Å². The lowest BCUT2D eigenvalue weighted by Gasteiger charge is -2.26. The van der Waals surface area contributed by atoms with Crippen LogP contribution in [0.4, 0.5) is 0 Å². The molecule has 58 valence electrons. The molecule has 2 nitrogen and oxygen atoms in total. The van der Waals surface area contributed by atoms with Gasteiger partial charge in [-0.1, -0.05) is 0 Å². The van der Waals surface area contributed by atoms with Gasteiger partial charge in [0.15, 0.2) is 0 Å². The first-order chi connectivity index (χ1) is 4.88. The Morgan fingerprint density at radius 3 is 2.30 bits per heavy atom. The third-order valence-corrected chi connectivity index (χ3v) is 2.72. The van der Waals surface area contributed by atoms with E-state index < -0.39 is 0 Å². The lowest BCUT2D eigenvalue weighted by atomic mass is 9.96. The Bertz CT molecular complexity index is 114. The fourth-order valence-electron chi connectivity index (χ4n) is 2.16. The molecule has 2 N–H and O–H groups in total. The van der Waals surface area contributed by atoms with E-state index >= 15 is 0 Å². The van der Waals surface area contributed by atoms with E-state index in [1.54, 1.807) is 0 Å². The van der Waals surface area contributed by atoms with Gasteiger partial charge in [-0.05, 0) is 38.1 Å². The van der Waals surface area contributed by atoms with Crippen LogP contribution in [0.2, 0.25) is 0 Å². The molecule has 0 amide bonds. The van der Waals surface area contributed by atoms with Gasteiger partial charge in [-0.3, -0.25) is 0 Å². The van der Waals surface area contributed by atoms with Gasteiger partial charge in [-0.25, -0.2) is 0 Å². The molecule has 2 saturated heterocycles. The monoisotopic (exact) mass is 141 g/mol. The van der Waals surface area contributed by atoms with Crippen LogP contribution in [0.15, 0.2) is 0 Å². The van der Waals surface area contributed by atoms with Crippen LogP contribution in [-0.4, -0.2) is 18.8 Å². The van der Waals surface area contributed by atoms with Gasteiger partial charge in [0.1, 0.15) is 0 Å². The summed E-state index contributed by atoms with van der Waals surface area (Å²) in [5.74, 6) is 0.756. The molecule has 0 saturated carbocycles. The van der Waals surface area contributed by atoms with E-state index in [1.807, 2.05) is 0 Å². The topological polar surface area (TPSA) is 35.2 Å². The van der Waals surface area contributed by atoms with Crippen molar-refractivity contribution in [3.05, 3.63) is 0 Å². The maximum Gasteiger partial charge on any atom is 0.0583 e. The average Bonchev–Trinajstić information content (AvgIpc) is 2.30. The minimum absolute atomic E-state index is 0.562. The zero-order valence-corrected chi connectivity index (χ0v) is 6.25. The Hall–Kier alpha value is -0.0800. The van der Waals surface area contributed by atoms with Gasteiger partial charge < -0.3 is 10.5 Å². The van der Waals surface area contributed by atoms with Gasteiger partial charge >= 0.3 is 0 Å². The van der Waals surface area contributed by atoms with Crippen molar-refractivity contribution in [3.8, 4) is 0 Å². The number of hydrogen-bond acceptors (Lipinski definition) is 2. The van der Waals surface area contributed by atoms with Crippen LogP contribution in [0.5, 0.6) is 0 Å². The lowest BCUT2D eigenvalue weighted by Crippen LogP contribution is -2.29. The van der Waals surface area contributed by atoms with Gasteiger partial charge in [0.05, 0.1) is 12.2 Å². The van der Waals surface area contributed by atoms with Crippen LogP contribution < -0.4 is 5.73 Å². The molecule has 2 heterocycles. The fraction of sp³-hybridized carbons (Fsp3) is 1.00. The van der Waals surface area contributed by atoms with Crippen molar-refractivity contribution in [2.45, 2.75) is 37.9 Å². The van der Waals surface area contributed by atoms with Crippen molar-refractivity contribution in [2.75, 3.05) is 6.54 Å². The van der Waals surface area contributed by atoms with Crippen LogP contribution >= 0.6 is 0 Å². The summed E-state index contributed by atoms with van der Waals surface area (Å²) in [7, 11) is 0. The highest BCUT2D eigenvalue weighted by atomic mass is 16.5. The highest BCUT2D eigenvalue weighted by Gasteiger charge is 2.33. The standard InChI is InChI=1S/C8H15NO/c9-5-6-3-7-1-2-8(4-6)10-7/h6-8H,1-5,9H2. The first-order valence-electron chi connectivity index (χ1n) is 4.24. The van der Waals surface area contributed by atoms with Gasteiger partial charge in [0.25, 0.3) is 0 Å². The molecule has 10 heavy (non-hydrogen) atoms. The van der Waals surface area contributed by atoms with Crippen molar-refractivity contribution in [2.24, 2.45) is 11.7 Å². The largest absolute Gasteiger partial charge is 0.375 e. The summed E-state index contributed by atoms with van der Waals surface area (Å²) < 4.78 is 5.67. The summed E-state index contributed by atoms with van der Waals surface area (Å²) in [6.07, 6.45) is 6.11. The smallest absolute Gasteiger partial charge is 0.0583 e. The normalized spacial score (nSPS) is 45.9. The van der Waals surface area contributed by atoms with E-state index in [2.05, 4.69) is 0 Å². The summed E-state index contributed by atoms with van der Waals surface area (Å²) in [6, 6.07) is 0. The van der Waals surface area contributed by atoms with E-state index in [1.165, 1.54) is 25.7 Å². The molecule has 0 aromatic heterocycles. The zero-order chi connectivity index (χ0) is 6.97. The molecule has 0 aromatic rings. The van der Waals surface area contributed by atoms with Crippen LogP contribution in [0.25, 0.3) is 0 Å². The highest BCUT2D eigenvalue weighted by molar-refractivity contribution is 4.84. The first kappa shape index (κ1) is 6.62. The molecule has 0 radical (unpaired) electrons. The molecule has 2 aliphatic rings. The molecule has 2 rings (SSSR count). The van der Waals surface area contributed by atoms with E-state index in [0.29, 0.717) is 12.2 Å². The summed E-state index contributed by atoms with van der Waals surface area (Å²) in [5.41, 5.74) is 5.60. The maximum atomic E-state index is 5.67. The van der Waals surface area contributed by atoms with Crippen LogP contribution in [0, 0.1) is 5.92 Å². The number of rotatable bonds is 1. The first-order valence-corrected chi connectivity index (χ1v) is 4.24. The van der Waals surface area contributed by atoms with E-state index in [-0.39, 0.29) is 0 Å². The second kappa shape index (κ2) is 2.51. The second-order valence-electron chi connectivity index (χ2n) is 3.53. The number of hydrogen-bond donors (Lipinski definition) is 1. The molecule has 0 spiro atoms. The minimum Gasteiger partial charge on any atom is -0.375 e. The lowest BCUT2D eigenvalue weighted by molar-refractivity contribution is -0.0172. The summed E-state index contributed by atoms with van der Waals surface area (Å²) >= 11 is 0. The van der Waals surface area contributed by atoms with Crippen molar-refractivity contribution in [3.63, 3.8) is 0 Å². The summed E-state index contributed by atoms with van der Waals surface area (Å²) in [6.45, 7) is 0.858. The van der Waals surface area contributed by atoms with E-state index in [9.17, 15) is 0 Å². The minimum atomic E-state index is 0.562. The van der Waals surface area contributed by atoms with Gasteiger partial charge in [-0.15, -0.1) is 0 Å². The maximum absolute atomic E-state index is 5.67. The van der Waals surface area contributed by atoms with Crippen LogP contribution in [-0.2, 0) is 4.74 Å². The van der Waals surface area contributed by atoms with Gasteiger partial charge in [0.2, 0.25) is 0 Å². The molecule has 0 aliphatic carbocycles. The molecule has 2 heteroatoms. The predicted molar refractivity (Wildman–Crippen MR) is 39.7 cm³/mol. The molecular formula is C8H15NO. The second-order valence-corrected chi connectivity index (χ2v) is 3.53. The third kappa shape index (κ3) is 1.06. The van der Waals surface area contributed by atoms with E-state index in [0.717, 1.165) is 12.5 Å². The van der Waals surface area contributed by atoms with Crippen molar-refractivity contribution >= 4 is 0 Å². The van der Waals surface area contributed by atoms with Crippen LogP contribution in [0.1, 0.15) is 25.7 Å². The quantitative estimate of drug-likeness (QED) is 0.589. The Kier molecular flexibility index (Phi) is 1.66. The molecule has 2 fully saturated rings. The van der Waals surface area contributed by atoms with Crippen molar-refractivity contribution < 1.29 is 4.74 Å². The van der Waals surface area contributed by atoms with E-state index in [4.69, 9.17) is 10.5 Å². The Morgan fingerprint density at radius 1 is 1.20 bits per heavy atom. The average molecular weight is 141 g/mol. The summed E-state index contributed by atoms with van der Waals surface area (Å²) in [5, 5.41) is 0. The Labute approximate surface area is 61.7 Å². The summed E-state index contributed by atoms with van der Waals surface area (Å²) in [4.78, 5) is 0. The molecular weight excluding hydrogens is 126 g/mol. The number of fused-ring (bicyclic) bond motifs is 2. The third-order valence-electron chi connectivity index (χ3n) is 2.72. The zero-order valence-electron chi connectivity index (χ0n) is 6.25. The number of ether oxygens (including phenoxy) is 1. The molecule has 2 aliphatic heterocycles. The molecule has 2 atom stereocenters. The molecule has 2 unspecified atom stereocenters. The highest BCUT2D eigenvalue weighted by Crippen LogP contribution is 2.35. The molecule has 0 aromatic carbocycles.